The number of carbonyl (C=O) groups is 2. The van der Waals surface area contributed by atoms with E-state index in [2.05, 4.69) is 17.4 Å². The SMILES string of the molecule is C[C@@H](NC(=O)Cc1coc2cc3c(cc12)CCC3)C(=O)N1CCOCC1. The van der Waals surface area contributed by atoms with Gasteiger partial charge in [-0.15, -0.1) is 0 Å². The van der Waals surface area contributed by atoms with Crippen LogP contribution in [0.4, 0.5) is 0 Å². The molecule has 0 unspecified atom stereocenters. The summed E-state index contributed by atoms with van der Waals surface area (Å²) in [5.74, 6) is -0.223. The third-order valence-corrected chi connectivity index (χ3v) is 5.29. The maximum atomic E-state index is 12.4. The molecule has 1 aliphatic heterocycles. The van der Waals surface area contributed by atoms with Crippen LogP contribution in [0.5, 0.6) is 0 Å². The summed E-state index contributed by atoms with van der Waals surface area (Å²) < 4.78 is 10.9. The number of morpholine rings is 1. The average molecular weight is 356 g/mol. The molecule has 138 valence electrons. The average Bonchev–Trinajstić information content (AvgIpc) is 3.26. The van der Waals surface area contributed by atoms with E-state index in [0.29, 0.717) is 26.3 Å². The molecule has 1 saturated heterocycles. The minimum absolute atomic E-state index is 0.0588. The molecule has 1 fully saturated rings. The van der Waals surface area contributed by atoms with Crippen LogP contribution >= 0.6 is 0 Å². The molecule has 2 aromatic rings. The van der Waals surface area contributed by atoms with Gasteiger partial charge in [0, 0.05) is 24.0 Å². The topological polar surface area (TPSA) is 71.8 Å². The number of benzene rings is 1. The number of amides is 2. The van der Waals surface area contributed by atoms with E-state index in [0.717, 1.165) is 29.4 Å². The summed E-state index contributed by atoms with van der Waals surface area (Å²) in [4.78, 5) is 26.6. The van der Waals surface area contributed by atoms with Crippen LogP contribution in [-0.4, -0.2) is 49.1 Å². The Hall–Kier alpha value is -2.34. The molecule has 4 rings (SSSR count). The van der Waals surface area contributed by atoms with Crippen molar-refractivity contribution in [3.63, 3.8) is 0 Å². The highest BCUT2D eigenvalue weighted by Gasteiger charge is 2.24. The van der Waals surface area contributed by atoms with E-state index in [1.165, 1.54) is 17.5 Å². The number of furan rings is 1. The molecule has 6 heteroatoms. The zero-order valence-electron chi connectivity index (χ0n) is 15.0. The van der Waals surface area contributed by atoms with Gasteiger partial charge in [0.1, 0.15) is 11.6 Å². The van der Waals surface area contributed by atoms with Crippen molar-refractivity contribution in [2.45, 2.75) is 38.6 Å². The molecule has 2 heterocycles. The summed E-state index contributed by atoms with van der Waals surface area (Å²) in [7, 11) is 0. The molecule has 0 radical (unpaired) electrons. The molecule has 2 aliphatic rings. The molecule has 0 saturated carbocycles. The first-order valence-corrected chi connectivity index (χ1v) is 9.29. The largest absolute Gasteiger partial charge is 0.464 e. The molecule has 6 nitrogen and oxygen atoms in total. The first kappa shape index (κ1) is 17.1. The van der Waals surface area contributed by atoms with Crippen LogP contribution in [-0.2, 0) is 33.6 Å². The molecule has 0 bridgehead atoms. The summed E-state index contributed by atoms with van der Waals surface area (Å²) in [5, 5.41) is 3.83. The third-order valence-electron chi connectivity index (χ3n) is 5.29. The van der Waals surface area contributed by atoms with Crippen LogP contribution < -0.4 is 5.32 Å². The Balaban J connectivity index is 1.41. The number of aryl methyl sites for hydroxylation is 2. The predicted octanol–water partition coefficient (Wildman–Crippen LogP) is 1.83. The number of nitrogens with one attached hydrogen (secondary N) is 1. The van der Waals surface area contributed by atoms with Gasteiger partial charge in [-0.3, -0.25) is 9.59 Å². The first-order valence-electron chi connectivity index (χ1n) is 9.29. The van der Waals surface area contributed by atoms with E-state index in [1.54, 1.807) is 18.1 Å². The van der Waals surface area contributed by atoms with Gasteiger partial charge in [-0.25, -0.2) is 0 Å². The standard InChI is InChI=1S/C20H24N2O4/c1-13(20(24)22-5-7-25-8-6-22)21-19(23)11-16-12-26-18-10-15-4-2-3-14(15)9-17(16)18/h9-10,12-13H,2-8,11H2,1H3,(H,21,23)/t13-/m1/s1. The van der Waals surface area contributed by atoms with E-state index in [4.69, 9.17) is 9.15 Å². The Morgan fingerprint density at radius 1 is 1.19 bits per heavy atom. The van der Waals surface area contributed by atoms with Gasteiger partial charge in [-0.2, -0.15) is 0 Å². The number of rotatable bonds is 4. The number of carbonyl (C=O) groups excluding carboxylic acids is 2. The lowest BCUT2D eigenvalue weighted by Crippen LogP contribution is -2.50. The van der Waals surface area contributed by atoms with Crippen molar-refractivity contribution in [3.05, 3.63) is 35.1 Å². The number of ether oxygens (including phenoxy) is 1. The monoisotopic (exact) mass is 356 g/mol. The molecule has 1 aromatic heterocycles. The predicted molar refractivity (Wildman–Crippen MR) is 96.9 cm³/mol. The molecular weight excluding hydrogens is 332 g/mol. The quantitative estimate of drug-likeness (QED) is 0.907. The molecule has 26 heavy (non-hydrogen) atoms. The summed E-state index contributed by atoms with van der Waals surface area (Å²) in [6, 6.07) is 3.72. The van der Waals surface area contributed by atoms with Gasteiger partial charge >= 0.3 is 0 Å². The second kappa shape index (κ2) is 7.11. The highest BCUT2D eigenvalue weighted by Crippen LogP contribution is 2.30. The van der Waals surface area contributed by atoms with Crippen molar-refractivity contribution >= 4 is 22.8 Å². The second-order valence-electron chi connectivity index (χ2n) is 7.14. The Morgan fingerprint density at radius 3 is 2.69 bits per heavy atom. The molecule has 0 spiro atoms. The van der Waals surface area contributed by atoms with Crippen LogP contribution in [0.3, 0.4) is 0 Å². The number of hydrogen-bond donors (Lipinski definition) is 1. The molecule has 1 N–H and O–H groups in total. The normalized spacial score (nSPS) is 18.0. The van der Waals surface area contributed by atoms with E-state index in [-0.39, 0.29) is 18.2 Å². The second-order valence-corrected chi connectivity index (χ2v) is 7.14. The van der Waals surface area contributed by atoms with Crippen LogP contribution in [0, 0.1) is 0 Å². The van der Waals surface area contributed by atoms with Crippen LogP contribution in [0.2, 0.25) is 0 Å². The van der Waals surface area contributed by atoms with Crippen LogP contribution in [0.25, 0.3) is 11.0 Å². The van der Waals surface area contributed by atoms with Gasteiger partial charge in [-0.05, 0) is 49.4 Å². The minimum atomic E-state index is -0.539. The smallest absolute Gasteiger partial charge is 0.245 e. The van der Waals surface area contributed by atoms with Crippen molar-refractivity contribution in [2.75, 3.05) is 26.3 Å². The molecule has 2 amide bonds. The van der Waals surface area contributed by atoms with Crippen molar-refractivity contribution in [2.24, 2.45) is 0 Å². The van der Waals surface area contributed by atoms with Crippen molar-refractivity contribution in [1.29, 1.82) is 0 Å². The first-order chi connectivity index (χ1) is 12.6. The third kappa shape index (κ3) is 3.33. The van der Waals surface area contributed by atoms with Gasteiger partial charge in [0.15, 0.2) is 0 Å². The van der Waals surface area contributed by atoms with E-state index in [9.17, 15) is 9.59 Å². The van der Waals surface area contributed by atoms with E-state index >= 15 is 0 Å². The fourth-order valence-corrected chi connectivity index (χ4v) is 3.87. The number of hydrogen-bond acceptors (Lipinski definition) is 4. The summed E-state index contributed by atoms with van der Waals surface area (Å²) >= 11 is 0. The van der Waals surface area contributed by atoms with Gasteiger partial charge in [-0.1, -0.05) is 0 Å². The van der Waals surface area contributed by atoms with Crippen molar-refractivity contribution in [3.8, 4) is 0 Å². The van der Waals surface area contributed by atoms with Crippen molar-refractivity contribution < 1.29 is 18.7 Å². The Morgan fingerprint density at radius 2 is 1.92 bits per heavy atom. The fraction of sp³-hybridized carbons (Fsp3) is 0.500. The summed E-state index contributed by atoms with van der Waals surface area (Å²) in [5.41, 5.74) is 4.42. The zero-order chi connectivity index (χ0) is 18.1. The lowest BCUT2D eigenvalue weighted by Gasteiger charge is -2.29. The molecule has 1 atom stereocenters. The zero-order valence-corrected chi connectivity index (χ0v) is 15.0. The van der Waals surface area contributed by atoms with Gasteiger partial charge in [0.2, 0.25) is 11.8 Å². The van der Waals surface area contributed by atoms with Crippen LogP contribution in [0.15, 0.2) is 22.8 Å². The van der Waals surface area contributed by atoms with Gasteiger partial charge in [0.25, 0.3) is 0 Å². The molecular formula is C20H24N2O4. The maximum Gasteiger partial charge on any atom is 0.245 e. The summed E-state index contributed by atoms with van der Waals surface area (Å²) in [6.45, 7) is 4.00. The van der Waals surface area contributed by atoms with Gasteiger partial charge < -0.3 is 19.4 Å². The number of nitrogens with zero attached hydrogens (tertiary/aromatic N) is 1. The molecule has 1 aliphatic carbocycles. The maximum absolute atomic E-state index is 12.4. The number of fused-ring (bicyclic) bond motifs is 2. The lowest BCUT2D eigenvalue weighted by atomic mass is 10.0. The molecule has 1 aromatic carbocycles. The highest BCUT2D eigenvalue weighted by atomic mass is 16.5. The van der Waals surface area contributed by atoms with E-state index < -0.39 is 6.04 Å². The van der Waals surface area contributed by atoms with Gasteiger partial charge in [0.05, 0.1) is 25.9 Å². The van der Waals surface area contributed by atoms with E-state index in [1.807, 2.05) is 0 Å². The Bertz CT molecular complexity index is 836. The fourth-order valence-electron chi connectivity index (χ4n) is 3.87. The minimum Gasteiger partial charge on any atom is -0.464 e. The Kier molecular flexibility index (Phi) is 4.68. The lowest BCUT2D eigenvalue weighted by molar-refractivity contribution is -0.139. The van der Waals surface area contributed by atoms with Crippen molar-refractivity contribution in [1.82, 2.24) is 10.2 Å². The Labute approximate surface area is 152 Å². The summed E-state index contributed by atoms with van der Waals surface area (Å²) in [6.07, 6.45) is 5.25. The highest BCUT2D eigenvalue weighted by molar-refractivity contribution is 5.91. The van der Waals surface area contributed by atoms with Crippen LogP contribution in [0.1, 0.15) is 30.0 Å².